The quantitative estimate of drug-likeness (QED) is 0.393. The molecule has 2 aromatic rings. The second-order valence-corrected chi connectivity index (χ2v) is 8.51. The first-order valence-corrected chi connectivity index (χ1v) is 11.0. The van der Waals surface area contributed by atoms with Gasteiger partial charge in [-0.05, 0) is 42.3 Å². The van der Waals surface area contributed by atoms with E-state index in [9.17, 15) is 18.0 Å². The zero-order chi connectivity index (χ0) is 21.3. The van der Waals surface area contributed by atoms with Gasteiger partial charge in [-0.2, -0.15) is 0 Å². The second kappa shape index (κ2) is 10.9. The van der Waals surface area contributed by atoms with Gasteiger partial charge in [-0.1, -0.05) is 34.1 Å². The summed E-state index contributed by atoms with van der Waals surface area (Å²) in [4.78, 5) is 23.4. The van der Waals surface area contributed by atoms with E-state index in [-0.39, 0.29) is 24.5 Å². The van der Waals surface area contributed by atoms with E-state index in [1.165, 1.54) is 24.3 Å². The molecule has 0 saturated heterocycles. The lowest BCUT2D eigenvalue weighted by atomic mass is 10.2. The van der Waals surface area contributed by atoms with E-state index < -0.39 is 21.9 Å². The Bertz CT molecular complexity index is 947. The van der Waals surface area contributed by atoms with E-state index in [0.717, 1.165) is 4.47 Å². The Morgan fingerprint density at radius 1 is 1.10 bits per heavy atom. The van der Waals surface area contributed by atoms with Crippen LogP contribution in [-0.4, -0.2) is 33.5 Å². The number of carbonyl (C=O) groups excluding carboxylic acids is 2. The van der Waals surface area contributed by atoms with Crippen LogP contribution in [0.2, 0.25) is 0 Å². The average molecular weight is 485 g/mol. The van der Waals surface area contributed by atoms with Crippen LogP contribution in [0.25, 0.3) is 0 Å². The molecule has 0 radical (unpaired) electrons. The Balaban J connectivity index is 1.61. The summed E-state index contributed by atoms with van der Waals surface area (Å²) in [5.74, 6) is -0.251. The van der Waals surface area contributed by atoms with Crippen LogP contribution >= 0.6 is 15.9 Å². The fourth-order valence-electron chi connectivity index (χ4n) is 2.23. The molecule has 1 amide bonds. The fourth-order valence-corrected chi connectivity index (χ4v) is 3.12. The van der Waals surface area contributed by atoms with Crippen molar-refractivity contribution in [3.63, 3.8) is 0 Å². The maximum absolute atomic E-state index is 11.8. The first-order chi connectivity index (χ1) is 13.7. The number of sulfonamides is 1. The molecule has 10 heteroatoms. The highest BCUT2D eigenvalue weighted by Gasteiger charge is 2.09. The molecule has 0 fully saturated rings. The van der Waals surface area contributed by atoms with Crippen LogP contribution in [0, 0.1) is 0 Å². The lowest BCUT2D eigenvalue weighted by Crippen LogP contribution is -2.28. The fraction of sp³-hybridized carbons (Fsp3) is 0.263. The number of ether oxygens (including phenoxy) is 2. The highest BCUT2D eigenvalue weighted by Crippen LogP contribution is 2.17. The molecule has 8 nitrogen and oxygen atoms in total. The third kappa shape index (κ3) is 8.63. The molecule has 0 heterocycles. The summed E-state index contributed by atoms with van der Waals surface area (Å²) in [6, 6.07) is 13.2. The molecule has 0 bridgehead atoms. The molecule has 0 saturated carbocycles. The smallest absolute Gasteiger partial charge is 0.306 e. The molecule has 0 atom stereocenters. The van der Waals surface area contributed by atoms with Crippen molar-refractivity contribution in [1.82, 2.24) is 5.32 Å². The van der Waals surface area contributed by atoms with E-state index >= 15 is 0 Å². The number of esters is 1. The molecule has 0 aliphatic heterocycles. The monoisotopic (exact) mass is 484 g/mol. The number of amides is 1. The van der Waals surface area contributed by atoms with Gasteiger partial charge in [-0.3, -0.25) is 9.59 Å². The van der Waals surface area contributed by atoms with Crippen molar-refractivity contribution < 1.29 is 27.5 Å². The van der Waals surface area contributed by atoms with E-state index in [4.69, 9.17) is 14.6 Å². The van der Waals surface area contributed by atoms with Gasteiger partial charge in [0.05, 0.1) is 11.5 Å². The minimum atomic E-state index is -3.75. The summed E-state index contributed by atoms with van der Waals surface area (Å²) < 4.78 is 33.7. The summed E-state index contributed by atoms with van der Waals surface area (Å²) in [7, 11) is -3.75. The maximum atomic E-state index is 11.8. The number of hydrogen-bond donors (Lipinski definition) is 2. The van der Waals surface area contributed by atoms with Gasteiger partial charge >= 0.3 is 5.97 Å². The first-order valence-electron chi connectivity index (χ1n) is 8.66. The van der Waals surface area contributed by atoms with Crippen LogP contribution in [0.4, 0.5) is 0 Å². The second-order valence-electron chi connectivity index (χ2n) is 6.04. The Labute approximate surface area is 177 Å². The molecule has 29 heavy (non-hydrogen) atoms. The number of primary sulfonamides is 1. The van der Waals surface area contributed by atoms with E-state index in [1.807, 2.05) is 24.3 Å². The van der Waals surface area contributed by atoms with Crippen molar-refractivity contribution in [3.8, 4) is 5.75 Å². The van der Waals surface area contributed by atoms with Crippen LogP contribution in [-0.2, 0) is 30.9 Å². The van der Waals surface area contributed by atoms with E-state index in [0.29, 0.717) is 24.3 Å². The number of halogens is 1. The third-order valence-electron chi connectivity index (χ3n) is 3.70. The van der Waals surface area contributed by atoms with Gasteiger partial charge in [-0.15, -0.1) is 0 Å². The summed E-state index contributed by atoms with van der Waals surface area (Å²) >= 11 is 3.35. The van der Waals surface area contributed by atoms with E-state index in [1.54, 1.807) is 0 Å². The van der Waals surface area contributed by atoms with Gasteiger partial charge in [0.25, 0.3) is 5.91 Å². The minimum absolute atomic E-state index is 0.00890. The summed E-state index contributed by atoms with van der Waals surface area (Å²) in [5.41, 5.74) is 0.682. The van der Waals surface area contributed by atoms with Crippen molar-refractivity contribution >= 4 is 37.8 Å². The van der Waals surface area contributed by atoms with Gasteiger partial charge in [0, 0.05) is 17.4 Å². The van der Waals surface area contributed by atoms with Gasteiger partial charge in [-0.25, -0.2) is 13.6 Å². The molecule has 2 aromatic carbocycles. The average Bonchev–Trinajstić information content (AvgIpc) is 2.68. The van der Waals surface area contributed by atoms with Crippen LogP contribution in [0.3, 0.4) is 0 Å². The number of hydrogen-bond acceptors (Lipinski definition) is 6. The normalized spacial score (nSPS) is 11.0. The standard InChI is InChI=1S/C19H21BrN2O6S/c20-15-3-1-4-16(11-15)27-10-2-5-19(24)28-13-18(23)22-12-14-6-8-17(9-7-14)29(21,25)26/h1,3-4,6-9,11H,2,5,10,12-13H2,(H,22,23)(H2,21,25,26). The molecular weight excluding hydrogens is 464 g/mol. The van der Waals surface area contributed by atoms with Crippen LogP contribution < -0.4 is 15.2 Å². The predicted molar refractivity (Wildman–Crippen MR) is 109 cm³/mol. The van der Waals surface area contributed by atoms with Crippen LogP contribution in [0.15, 0.2) is 57.9 Å². The highest BCUT2D eigenvalue weighted by atomic mass is 79.9. The van der Waals surface area contributed by atoms with Gasteiger partial charge in [0.1, 0.15) is 5.75 Å². The Hall–Kier alpha value is -2.43. The van der Waals surface area contributed by atoms with Gasteiger partial charge < -0.3 is 14.8 Å². The number of carbonyl (C=O) groups is 2. The molecule has 0 spiro atoms. The Kier molecular flexibility index (Phi) is 8.62. The lowest BCUT2D eigenvalue weighted by Gasteiger charge is -2.08. The van der Waals surface area contributed by atoms with Crippen molar-refractivity contribution in [2.24, 2.45) is 5.14 Å². The van der Waals surface area contributed by atoms with E-state index in [2.05, 4.69) is 21.2 Å². The van der Waals surface area contributed by atoms with Gasteiger partial charge in [0.15, 0.2) is 6.61 Å². The molecular formula is C19H21BrN2O6S. The highest BCUT2D eigenvalue weighted by molar-refractivity contribution is 9.10. The Morgan fingerprint density at radius 3 is 2.48 bits per heavy atom. The van der Waals surface area contributed by atoms with Gasteiger partial charge in [0.2, 0.25) is 10.0 Å². The topological polar surface area (TPSA) is 125 Å². The molecule has 156 valence electrons. The summed E-state index contributed by atoms with van der Waals surface area (Å²) in [6.07, 6.45) is 0.597. The number of rotatable bonds is 10. The van der Waals surface area contributed by atoms with Crippen molar-refractivity contribution in [1.29, 1.82) is 0 Å². The minimum Gasteiger partial charge on any atom is -0.494 e. The molecule has 3 N–H and O–H groups in total. The van der Waals surface area contributed by atoms with Crippen molar-refractivity contribution in [2.45, 2.75) is 24.3 Å². The van der Waals surface area contributed by atoms with Crippen LogP contribution in [0.5, 0.6) is 5.75 Å². The first kappa shape index (κ1) is 22.9. The molecule has 0 aliphatic rings. The zero-order valence-corrected chi connectivity index (χ0v) is 17.9. The number of nitrogens with two attached hydrogens (primary N) is 1. The SMILES string of the molecule is NS(=O)(=O)c1ccc(CNC(=O)COC(=O)CCCOc2cccc(Br)c2)cc1. The summed E-state index contributed by atoms with van der Waals surface area (Å²) in [5, 5.41) is 7.60. The molecule has 2 rings (SSSR count). The van der Waals surface area contributed by atoms with Crippen molar-refractivity contribution in [2.75, 3.05) is 13.2 Å². The molecule has 0 aliphatic carbocycles. The molecule has 0 aromatic heterocycles. The van der Waals surface area contributed by atoms with Crippen LogP contribution in [0.1, 0.15) is 18.4 Å². The summed E-state index contributed by atoms with van der Waals surface area (Å²) in [6.45, 7) is 0.134. The third-order valence-corrected chi connectivity index (χ3v) is 5.12. The maximum Gasteiger partial charge on any atom is 0.306 e. The lowest BCUT2D eigenvalue weighted by molar-refractivity contribution is -0.148. The number of nitrogens with one attached hydrogen (secondary N) is 1. The number of benzene rings is 2. The largest absolute Gasteiger partial charge is 0.494 e. The van der Waals surface area contributed by atoms with Crippen molar-refractivity contribution in [3.05, 3.63) is 58.6 Å². The Morgan fingerprint density at radius 2 is 1.83 bits per heavy atom. The molecule has 0 unspecified atom stereocenters. The zero-order valence-electron chi connectivity index (χ0n) is 15.5. The predicted octanol–water partition coefficient (Wildman–Crippen LogP) is 2.12.